The van der Waals surface area contributed by atoms with E-state index in [0.29, 0.717) is 19.3 Å². The summed E-state index contributed by atoms with van der Waals surface area (Å²) in [5.41, 5.74) is 1.84. The largest absolute Gasteiger partial charge is 0.357 e. The summed E-state index contributed by atoms with van der Waals surface area (Å²) in [5.74, 6) is -1.90. The van der Waals surface area contributed by atoms with E-state index >= 15 is 0 Å². The number of hydrogen-bond donors (Lipinski definition) is 5. The zero-order chi connectivity index (χ0) is 25.1. The van der Waals surface area contributed by atoms with Gasteiger partial charge >= 0.3 is 7.60 Å². The molecule has 2 aromatic carbocycles. The zero-order valence-corrected chi connectivity index (χ0v) is 20.9. The van der Waals surface area contributed by atoms with Crippen LogP contribution in [0.2, 0.25) is 0 Å². The van der Waals surface area contributed by atoms with Crippen molar-refractivity contribution in [1.82, 2.24) is 16.0 Å². The molecular formula is C25H36N3O5P. The Labute approximate surface area is 201 Å². The SMILES string of the molecule is CNC(=O)[C@H](Cc1ccccc1)NC(=O)[C@H](CC(C)C)NC(CCc1ccccc1)P(=O)(O)O. The van der Waals surface area contributed by atoms with Crippen molar-refractivity contribution in [3.63, 3.8) is 0 Å². The molecule has 0 aliphatic heterocycles. The van der Waals surface area contributed by atoms with Crippen LogP contribution in [0.5, 0.6) is 0 Å². The van der Waals surface area contributed by atoms with Crippen molar-refractivity contribution in [3.8, 4) is 0 Å². The number of hydrogen-bond acceptors (Lipinski definition) is 4. The highest BCUT2D eigenvalue weighted by atomic mass is 31.2. The number of carbonyl (C=O) groups is 2. The molecule has 0 saturated heterocycles. The summed E-state index contributed by atoms with van der Waals surface area (Å²) >= 11 is 0. The Morgan fingerprint density at radius 1 is 0.882 bits per heavy atom. The van der Waals surface area contributed by atoms with E-state index in [0.717, 1.165) is 11.1 Å². The van der Waals surface area contributed by atoms with Gasteiger partial charge in [-0.05, 0) is 36.3 Å². The number of benzene rings is 2. The van der Waals surface area contributed by atoms with Crippen molar-refractivity contribution in [3.05, 3.63) is 71.8 Å². The maximum Gasteiger partial charge on any atom is 0.342 e. The molecule has 34 heavy (non-hydrogen) atoms. The molecule has 0 spiro atoms. The Morgan fingerprint density at radius 2 is 1.44 bits per heavy atom. The van der Waals surface area contributed by atoms with Crippen LogP contribution in [0, 0.1) is 5.92 Å². The molecule has 2 amide bonds. The van der Waals surface area contributed by atoms with E-state index in [-0.39, 0.29) is 18.2 Å². The zero-order valence-electron chi connectivity index (χ0n) is 20.0. The number of aryl methyl sites for hydroxylation is 1. The van der Waals surface area contributed by atoms with E-state index in [1.165, 1.54) is 7.05 Å². The number of nitrogens with one attached hydrogen (secondary N) is 3. The summed E-state index contributed by atoms with van der Waals surface area (Å²) in [4.78, 5) is 45.6. The van der Waals surface area contributed by atoms with Gasteiger partial charge in [-0.15, -0.1) is 0 Å². The highest BCUT2D eigenvalue weighted by molar-refractivity contribution is 7.52. The van der Waals surface area contributed by atoms with Crippen LogP contribution in [-0.4, -0.2) is 46.5 Å². The minimum absolute atomic E-state index is 0.0855. The standard InChI is InChI=1S/C25H36N3O5P/c1-18(2)16-21(27-23(34(31,32)33)15-14-19-10-6-4-7-11-19)25(30)28-22(24(29)26-3)17-20-12-8-5-9-13-20/h4-13,18,21-23,27H,14-17H2,1-3H3,(H,26,29)(H,28,30)(H2,31,32,33)/t21-,22-,23?/m0/s1. The quantitative estimate of drug-likeness (QED) is 0.275. The molecule has 0 bridgehead atoms. The van der Waals surface area contributed by atoms with Crippen LogP contribution >= 0.6 is 7.60 Å². The molecule has 2 aromatic rings. The highest BCUT2D eigenvalue weighted by Crippen LogP contribution is 2.42. The average molecular weight is 490 g/mol. The third kappa shape index (κ3) is 9.39. The number of likely N-dealkylation sites (N-methyl/N-ethyl adjacent to an activating group) is 1. The molecule has 5 N–H and O–H groups in total. The van der Waals surface area contributed by atoms with Gasteiger partial charge in [0.25, 0.3) is 0 Å². The molecule has 0 saturated carbocycles. The fraction of sp³-hybridized carbons (Fsp3) is 0.440. The number of carbonyl (C=O) groups excluding carboxylic acids is 2. The molecule has 8 nitrogen and oxygen atoms in total. The molecule has 9 heteroatoms. The Balaban J connectivity index is 2.17. The summed E-state index contributed by atoms with van der Waals surface area (Å²) in [7, 11) is -3.03. The van der Waals surface area contributed by atoms with Gasteiger partial charge in [0.2, 0.25) is 11.8 Å². The average Bonchev–Trinajstić information content (AvgIpc) is 2.80. The molecule has 1 unspecified atom stereocenters. The molecular weight excluding hydrogens is 453 g/mol. The van der Waals surface area contributed by atoms with Crippen LogP contribution in [0.4, 0.5) is 0 Å². The molecule has 186 valence electrons. The van der Waals surface area contributed by atoms with Gasteiger partial charge in [-0.25, -0.2) is 0 Å². The molecule has 2 rings (SSSR count). The first-order valence-electron chi connectivity index (χ1n) is 11.5. The van der Waals surface area contributed by atoms with E-state index in [1.807, 2.05) is 74.5 Å². The van der Waals surface area contributed by atoms with Crippen LogP contribution in [0.3, 0.4) is 0 Å². The summed E-state index contributed by atoms with van der Waals surface area (Å²) in [5, 5.41) is 8.28. The van der Waals surface area contributed by atoms with Crippen LogP contribution in [0.1, 0.15) is 37.8 Å². The van der Waals surface area contributed by atoms with Crippen molar-refractivity contribution in [1.29, 1.82) is 0 Å². The minimum atomic E-state index is -4.53. The van der Waals surface area contributed by atoms with E-state index in [2.05, 4.69) is 16.0 Å². The van der Waals surface area contributed by atoms with Crippen molar-refractivity contribution in [2.45, 2.75) is 57.4 Å². The molecule has 0 aliphatic rings. The highest BCUT2D eigenvalue weighted by Gasteiger charge is 2.34. The second-order valence-electron chi connectivity index (χ2n) is 8.84. The predicted molar refractivity (Wildman–Crippen MR) is 133 cm³/mol. The fourth-order valence-corrected chi connectivity index (χ4v) is 4.60. The molecule has 0 radical (unpaired) electrons. The number of amides is 2. The third-order valence-corrected chi connectivity index (χ3v) is 6.75. The minimum Gasteiger partial charge on any atom is -0.357 e. The van der Waals surface area contributed by atoms with Gasteiger partial charge in [0.1, 0.15) is 11.8 Å². The summed E-state index contributed by atoms with van der Waals surface area (Å²) in [6, 6.07) is 17.1. The van der Waals surface area contributed by atoms with Crippen molar-refractivity contribution in [2.75, 3.05) is 7.05 Å². The smallest absolute Gasteiger partial charge is 0.342 e. The normalized spacial score (nSPS) is 14.3. The van der Waals surface area contributed by atoms with Gasteiger partial charge in [0, 0.05) is 13.5 Å². The summed E-state index contributed by atoms with van der Waals surface area (Å²) in [6.45, 7) is 3.86. The summed E-state index contributed by atoms with van der Waals surface area (Å²) < 4.78 is 12.3. The van der Waals surface area contributed by atoms with Crippen LogP contribution in [0.15, 0.2) is 60.7 Å². The Morgan fingerprint density at radius 3 is 1.94 bits per heavy atom. The lowest BCUT2D eigenvalue weighted by atomic mass is 10.0. The lowest BCUT2D eigenvalue weighted by Gasteiger charge is -2.28. The van der Waals surface area contributed by atoms with Gasteiger partial charge in [-0.1, -0.05) is 74.5 Å². The second-order valence-corrected chi connectivity index (χ2v) is 10.6. The lowest BCUT2D eigenvalue weighted by Crippen LogP contribution is -2.55. The van der Waals surface area contributed by atoms with Gasteiger partial charge in [0.05, 0.1) is 6.04 Å². The first-order chi connectivity index (χ1) is 16.1. The van der Waals surface area contributed by atoms with Gasteiger partial charge in [-0.3, -0.25) is 19.5 Å². The molecule has 0 aliphatic carbocycles. The summed E-state index contributed by atoms with van der Waals surface area (Å²) in [6.07, 6.45) is 1.28. The van der Waals surface area contributed by atoms with E-state index < -0.39 is 31.4 Å². The van der Waals surface area contributed by atoms with Crippen molar-refractivity contribution in [2.24, 2.45) is 5.92 Å². The van der Waals surface area contributed by atoms with Crippen molar-refractivity contribution < 1.29 is 23.9 Å². The maximum absolute atomic E-state index is 13.2. The second kappa shape index (κ2) is 13.4. The fourth-order valence-electron chi connectivity index (χ4n) is 3.76. The maximum atomic E-state index is 13.2. The van der Waals surface area contributed by atoms with Gasteiger partial charge < -0.3 is 20.4 Å². The van der Waals surface area contributed by atoms with Gasteiger partial charge in [0.15, 0.2) is 0 Å². The molecule has 0 aromatic heterocycles. The Bertz CT molecular complexity index is 950. The van der Waals surface area contributed by atoms with E-state index in [4.69, 9.17) is 0 Å². The van der Waals surface area contributed by atoms with Crippen molar-refractivity contribution >= 4 is 19.4 Å². The molecule has 0 heterocycles. The van der Waals surface area contributed by atoms with E-state index in [9.17, 15) is 23.9 Å². The van der Waals surface area contributed by atoms with Crippen LogP contribution in [0.25, 0.3) is 0 Å². The Kier molecular flexibility index (Phi) is 10.9. The van der Waals surface area contributed by atoms with E-state index in [1.54, 1.807) is 0 Å². The Hall–Kier alpha value is -2.51. The monoisotopic (exact) mass is 489 g/mol. The predicted octanol–water partition coefficient (Wildman–Crippen LogP) is 2.60. The topological polar surface area (TPSA) is 128 Å². The molecule has 3 atom stereocenters. The first-order valence-corrected chi connectivity index (χ1v) is 13.2. The van der Waals surface area contributed by atoms with Crippen LogP contribution < -0.4 is 16.0 Å². The number of rotatable bonds is 13. The lowest BCUT2D eigenvalue weighted by molar-refractivity contribution is -0.130. The third-order valence-electron chi connectivity index (χ3n) is 5.53. The molecule has 0 fully saturated rings. The van der Waals surface area contributed by atoms with Gasteiger partial charge in [-0.2, -0.15) is 0 Å². The first kappa shape index (κ1) is 27.7. The van der Waals surface area contributed by atoms with Crippen LogP contribution in [-0.2, 0) is 27.0 Å².